The molecule has 0 atom stereocenters. The van der Waals surface area contributed by atoms with E-state index in [1.165, 1.54) is 0 Å². The molecule has 0 saturated carbocycles. The maximum Gasteiger partial charge on any atom is 0.407 e. The van der Waals surface area contributed by atoms with Gasteiger partial charge in [-0.1, -0.05) is 24.3 Å². The Kier molecular flexibility index (Phi) is 7.48. The molecule has 4 aromatic carbocycles. The molecule has 10 nitrogen and oxygen atoms in total. The van der Waals surface area contributed by atoms with Gasteiger partial charge in [-0.25, -0.2) is 9.79 Å². The molecule has 0 fully saturated rings. The maximum absolute atomic E-state index is 12.4. The minimum Gasteiger partial charge on any atom is -0.456 e. The third-order valence-electron chi connectivity index (χ3n) is 6.72. The summed E-state index contributed by atoms with van der Waals surface area (Å²) in [6.07, 6.45) is -0.453. The van der Waals surface area contributed by atoms with Gasteiger partial charge in [-0.15, -0.1) is 0 Å². The Labute approximate surface area is 252 Å². The lowest BCUT2D eigenvalue weighted by atomic mass is 10.1. The van der Waals surface area contributed by atoms with E-state index in [0.29, 0.717) is 39.2 Å². The molecule has 6 rings (SSSR count). The molecule has 6 aromatic rings. The molecule has 44 heavy (non-hydrogen) atoms. The Bertz CT molecular complexity index is 2090. The van der Waals surface area contributed by atoms with Crippen LogP contribution in [0.25, 0.3) is 44.2 Å². The van der Waals surface area contributed by atoms with Gasteiger partial charge < -0.3 is 29.9 Å². The normalized spacial score (nSPS) is 12.1. The summed E-state index contributed by atoms with van der Waals surface area (Å²) in [5.41, 5.74) is 9.15. The third kappa shape index (κ3) is 6.54. The number of alkyl carbamates (subject to hydrolysis) is 1. The lowest BCUT2D eigenvalue weighted by Crippen LogP contribution is -2.34. The molecule has 2 amide bonds. The van der Waals surface area contributed by atoms with Crippen LogP contribution in [0.5, 0.6) is 0 Å². The van der Waals surface area contributed by atoms with Gasteiger partial charge in [-0.3, -0.25) is 4.79 Å². The van der Waals surface area contributed by atoms with Gasteiger partial charge in [0.05, 0.1) is 11.0 Å². The zero-order valence-electron chi connectivity index (χ0n) is 24.5. The second-order valence-electron chi connectivity index (χ2n) is 11.3. The van der Waals surface area contributed by atoms with Crippen LogP contribution >= 0.6 is 0 Å². The smallest absolute Gasteiger partial charge is 0.407 e. The molecule has 0 unspecified atom stereocenters. The number of benzene rings is 4. The van der Waals surface area contributed by atoms with Crippen molar-refractivity contribution in [1.82, 2.24) is 10.3 Å². The number of hydrogen-bond donors (Lipinski definition) is 3. The van der Waals surface area contributed by atoms with Crippen LogP contribution in [-0.2, 0) is 9.53 Å². The molecule has 0 saturated heterocycles. The number of hydrogen-bond acceptors (Lipinski definition) is 8. The zero-order valence-corrected chi connectivity index (χ0v) is 24.5. The molecule has 0 radical (unpaired) electrons. The summed E-state index contributed by atoms with van der Waals surface area (Å²) in [4.78, 5) is 33.3. The Hall–Kier alpha value is -5.64. The van der Waals surface area contributed by atoms with Crippen molar-refractivity contribution in [2.45, 2.75) is 32.8 Å². The second-order valence-corrected chi connectivity index (χ2v) is 11.3. The number of carbonyl (C=O) groups excluding carboxylic acids is 2. The summed E-state index contributed by atoms with van der Waals surface area (Å²) in [6.45, 7) is 5.50. The number of amides is 2. The van der Waals surface area contributed by atoms with Gasteiger partial charge >= 0.3 is 6.09 Å². The highest BCUT2D eigenvalue weighted by Crippen LogP contribution is 2.29. The second kappa shape index (κ2) is 11.6. The summed E-state index contributed by atoms with van der Waals surface area (Å²) in [6, 6.07) is 27.0. The molecule has 0 bridgehead atoms. The number of aromatic nitrogens is 1. The first-order valence-corrected chi connectivity index (χ1v) is 14.1. The predicted octanol–water partition coefficient (Wildman–Crippen LogP) is 7.06. The quantitative estimate of drug-likeness (QED) is 0.176. The van der Waals surface area contributed by atoms with Gasteiger partial charge in [0.2, 0.25) is 5.91 Å². The SMILES string of the molecule is CC(C)(C)OC(=O)NCCC(=O)Nc1ccc(N=c2cc(-c3ccc4nc(N)oc4c3)oc3cc4ccccc4cc23)cc1. The molecule has 222 valence electrons. The Morgan fingerprint density at radius 1 is 0.909 bits per heavy atom. The molecule has 0 spiro atoms. The van der Waals surface area contributed by atoms with E-state index in [1.54, 1.807) is 32.9 Å². The highest BCUT2D eigenvalue weighted by atomic mass is 16.6. The van der Waals surface area contributed by atoms with E-state index in [0.717, 1.165) is 21.7 Å². The number of carbonyl (C=O) groups is 2. The number of anilines is 2. The van der Waals surface area contributed by atoms with Crippen LogP contribution in [0, 0.1) is 0 Å². The zero-order chi connectivity index (χ0) is 30.8. The van der Waals surface area contributed by atoms with Crippen molar-refractivity contribution in [3.63, 3.8) is 0 Å². The number of nitrogens with one attached hydrogen (secondary N) is 2. The van der Waals surface area contributed by atoms with Gasteiger partial charge in [-0.05, 0) is 86.1 Å². The number of ether oxygens (including phenoxy) is 1. The van der Waals surface area contributed by atoms with Gasteiger partial charge in [0.25, 0.3) is 6.01 Å². The largest absolute Gasteiger partial charge is 0.456 e. The first-order chi connectivity index (χ1) is 21.1. The Morgan fingerprint density at radius 2 is 1.66 bits per heavy atom. The van der Waals surface area contributed by atoms with E-state index in [-0.39, 0.29) is 24.9 Å². The average molecular weight is 590 g/mol. The van der Waals surface area contributed by atoms with Crippen molar-refractivity contribution >= 4 is 62.2 Å². The molecule has 0 aliphatic carbocycles. The first kappa shape index (κ1) is 28.5. The summed E-state index contributed by atoms with van der Waals surface area (Å²) < 4.78 is 17.1. The number of rotatable bonds is 6. The van der Waals surface area contributed by atoms with E-state index in [1.807, 2.05) is 60.7 Å². The lowest BCUT2D eigenvalue weighted by molar-refractivity contribution is -0.116. The van der Waals surface area contributed by atoms with Crippen LogP contribution in [-0.4, -0.2) is 29.1 Å². The van der Waals surface area contributed by atoms with E-state index < -0.39 is 11.7 Å². The van der Waals surface area contributed by atoms with Crippen LogP contribution in [0.4, 0.5) is 22.2 Å². The summed E-state index contributed by atoms with van der Waals surface area (Å²) in [7, 11) is 0. The lowest BCUT2D eigenvalue weighted by Gasteiger charge is -2.19. The highest BCUT2D eigenvalue weighted by Gasteiger charge is 2.16. The fourth-order valence-electron chi connectivity index (χ4n) is 4.76. The average Bonchev–Trinajstić information content (AvgIpc) is 3.35. The molecule has 4 N–H and O–H groups in total. The Morgan fingerprint density at radius 3 is 2.41 bits per heavy atom. The van der Waals surface area contributed by atoms with Crippen molar-refractivity contribution in [2.24, 2.45) is 4.99 Å². The molecular formula is C34H31N5O5. The monoisotopic (exact) mass is 589 g/mol. The van der Waals surface area contributed by atoms with E-state index in [9.17, 15) is 9.59 Å². The van der Waals surface area contributed by atoms with Gasteiger partial charge in [0.1, 0.15) is 22.5 Å². The summed E-state index contributed by atoms with van der Waals surface area (Å²) in [5, 5.41) is 9.11. The number of nitrogens with zero attached hydrogens (tertiary/aromatic N) is 2. The summed E-state index contributed by atoms with van der Waals surface area (Å²) >= 11 is 0. The van der Waals surface area contributed by atoms with Crippen LogP contribution in [0.1, 0.15) is 27.2 Å². The topological polar surface area (TPSA) is 145 Å². The van der Waals surface area contributed by atoms with E-state index in [2.05, 4.69) is 27.8 Å². The van der Waals surface area contributed by atoms with E-state index in [4.69, 9.17) is 24.3 Å². The molecule has 2 aromatic heterocycles. The first-order valence-electron chi connectivity index (χ1n) is 14.1. The Balaban J connectivity index is 1.28. The van der Waals surface area contributed by atoms with Crippen molar-refractivity contribution in [3.05, 3.63) is 90.3 Å². The number of nitrogens with two attached hydrogens (primary N) is 1. The molecule has 2 heterocycles. The molecular weight excluding hydrogens is 558 g/mol. The van der Waals surface area contributed by atoms with Gasteiger partial charge in [0, 0.05) is 35.7 Å². The third-order valence-corrected chi connectivity index (χ3v) is 6.72. The van der Waals surface area contributed by atoms with Crippen molar-refractivity contribution in [3.8, 4) is 11.3 Å². The standard InChI is InChI=1S/C34H31N5O5/c1-34(2,3)44-33(41)36-15-14-31(40)38-24-11-9-23(10-12-24)37-27-19-28(22-8-13-26-30(18-22)43-32(35)39-26)42-29-17-21-7-5-4-6-20(21)16-25(27)29/h4-13,16-19H,14-15H2,1-3H3,(H2,35,39)(H,36,41)(H,38,40). The maximum atomic E-state index is 12.4. The fraction of sp³-hybridized carbons (Fsp3) is 0.176. The number of nitrogen functional groups attached to an aromatic ring is 1. The molecule has 0 aliphatic rings. The van der Waals surface area contributed by atoms with Crippen molar-refractivity contribution in [2.75, 3.05) is 17.6 Å². The van der Waals surface area contributed by atoms with E-state index >= 15 is 0 Å². The van der Waals surface area contributed by atoms with Crippen molar-refractivity contribution in [1.29, 1.82) is 0 Å². The minimum absolute atomic E-state index is 0.104. The van der Waals surface area contributed by atoms with Crippen LogP contribution in [0.3, 0.4) is 0 Å². The fourth-order valence-corrected chi connectivity index (χ4v) is 4.76. The number of oxazole rings is 1. The summed E-state index contributed by atoms with van der Waals surface area (Å²) in [5.74, 6) is 0.371. The highest BCUT2D eigenvalue weighted by molar-refractivity contribution is 5.96. The van der Waals surface area contributed by atoms with Gasteiger partial charge in [0.15, 0.2) is 5.58 Å². The van der Waals surface area contributed by atoms with Crippen LogP contribution in [0.2, 0.25) is 0 Å². The number of fused-ring (bicyclic) bond motifs is 3. The van der Waals surface area contributed by atoms with Gasteiger partial charge in [-0.2, -0.15) is 4.98 Å². The predicted molar refractivity (Wildman–Crippen MR) is 170 cm³/mol. The van der Waals surface area contributed by atoms with Crippen LogP contribution < -0.4 is 21.7 Å². The molecule has 10 heteroatoms. The van der Waals surface area contributed by atoms with Crippen molar-refractivity contribution < 1.29 is 23.2 Å². The molecule has 0 aliphatic heterocycles. The van der Waals surface area contributed by atoms with Crippen LogP contribution in [0.15, 0.2) is 98.8 Å². The minimum atomic E-state index is -0.601.